The number of fused-ring (bicyclic) bond motifs is 1. The van der Waals surface area contributed by atoms with Gasteiger partial charge in [-0.05, 0) is 32.1 Å². The lowest BCUT2D eigenvalue weighted by Gasteiger charge is -2.18. The van der Waals surface area contributed by atoms with Gasteiger partial charge in [-0.15, -0.1) is 11.8 Å². The van der Waals surface area contributed by atoms with Gasteiger partial charge < -0.3 is 15.2 Å². The highest BCUT2D eigenvalue weighted by Gasteiger charge is 2.13. The first-order valence-electron chi connectivity index (χ1n) is 8.19. The number of amides is 1. The summed E-state index contributed by atoms with van der Waals surface area (Å²) in [5.41, 5.74) is 2.01. The third-order valence-electron chi connectivity index (χ3n) is 3.90. The van der Waals surface area contributed by atoms with E-state index in [1.807, 2.05) is 24.3 Å². The van der Waals surface area contributed by atoms with Gasteiger partial charge in [-0.1, -0.05) is 26.0 Å². The molecule has 1 aromatic carbocycles. The first kappa shape index (κ1) is 17.8. The fourth-order valence-corrected chi connectivity index (χ4v) is 3.16. The van der Waals surface area contributed by atoms with E-state index in [4.69, 9.17) is 0 Å². The van der Waals surface area contributed by atoms with Gasteiger partial charge in [0, 0.05) is 13.1 Å². The first-order chi connectivity index (χ1) is 11.1. The van der Waals surface area contributed by atoms with Crippen molar-refractivity contribution in [2.45, 2.75) is 26.0 Å². The van der Waals surface area contributed by atoms with E-state index in [2.05, 4.69) is 41.0 Å². The third kappa shape index (κ3) is 5.25. The van der Waals surface area contributed by atoms with Crippen LogP contribution in [-0.2, 0) is 4.79 Å². The number of likely N-dealkylation sites (N-methyl/N-ethyl adjacent to an activating group) is 1. The Hall–Kier alpha value is -1.53. The second-order valence-corrected chi connectivity index (χ2v) is 6.80. The van der Waals surface area contributed by atoms with Crippen molar-refractivity contribution in [1.82, 2.24) is 20.2 Å². The highest BCUT2D eigenvalue weighted by molar-refractivity contribution is 8.00. The second kappa shape index (κ2) is 8.93. The second-order valence-electron chi connectivity index (χ2n) is 5.47. The Bertz CT molecular complexity index is 591. The highest BCUT2D eigenvalue weighted by Crippen LogP contribution is 2.27. The van der Waals surface area contributed by atoms with Crippen LogP contribution in [0, 0.1) is 0 Å². The fraction of sp³-hybridized carbons (Fsp3) is 0.529. The Morgan fingerprint density at radius 1 is 1.35 bits per heavy atom. The van der Waals surface area contributed by atoms with Crippen LogP contribution in [0.1, 0.15) is 31.8 Å². The molecule has 1 unspecified atom stereocenters. The summed E-state index contributed by atoms with van der Waals surface area (Å²) in [5, 5.41) is 3.15. The van der Waals surface area contributed by atoms with Crippen molar-refractivity contribution in [1.29, 1.82) is 0 Å². The maximum absolute atomic E-state index is 11.9. The molecule has 1 atom stereocenters. The average Bonchev–Trinajstić information content (AvgIpc) is 3.00. The Morgan fingerprint density at radius 3 is 2.78 bits per heavy atom. The van der Waals surface area contributed by atoms with Crippen LogP contribution in [0.4, 0.5) is 0 Å². The molecule has 6 heteroatoms. The molecule has 0 aliphatic rings. The molecule has 0 saturated carbocycles. The van der Waals surface area contributed by atoms with Crippen LogP contribution in [0.2, 0.25) is 0 Å². The number of nitrogens with zero attached hydrogens (tertiary/aromatic N) is 2. The highest BCUT2D eigenvalue weighted by atomic mass is 32.2. The van der Waals surface area contributed by atoms with Crippen molar-refractivity contribution >= 4 is 28.7 Å². The molecular weight excluding hydrogens is 308 g/mol. The number of para-hydroxylation sites is 2. The topological polar surface area (TPSA) is 61.0 Å². The molecule has 23 heavy (non-hydrogen) atoms. The Labute approximate surface area is 142 Å². The van der Waals surface area contributed by atoms with Gasteiger partial charge in [0.05, 0.1) is 22.0 Å². The molecule has 2 aromatic rings. The van der Waals surface area contributed by atoms with Gasteiger partial charge in [-0.25, -0.2) is 4.98 Å². The number of nitrogens with one attached hydrogen (secondary N) is 2. The molecule has 1 aromatic heterocycles. The van der Waals surface area contributed by atoms with E-state index in [1.165, 1.54) is 0 Å². The maximum Gasteiger partial charge on any atom is 0.230 e. The zero-order valence-corrected chi connectivity index (χ0v) is 14.9. The Kier molecular flexibility index (Phi) is 6.92. The Balaban J connectivity index is 1.75. The van der Waals surface area contributed by atoms with Crippen molar-refractivity contribution < 1.29 is 4.79 Å². The molecule has 126 valence electrons. The number of rotatable bonds is 9. The minimum atomic E-state index is 0.0881. The van der Waals surface area contributed by atoms with E-state index in [0.717, 1.165) is 36.5 Å². The van der Waals surface area contributed by atoms with Gasteiger partial charge in [0.15, 0.2) is 0 Å². The van der Waals surface area contributed by atoms with Crippen LogP contribution in [0.3, 0.4) is 0 Å². The summed E-state index contributed by atoms with van der Waals surface area (Å²) in [6.45, 7) is 10.00. The van der Waals surface area contributed by atoms with E-state index < -0.39 is 0 Å². The number of aromatic nitrogens is 2. The average molecular weight is 334 g/mol. The Morgan fingerprint density at radius 2 is 2.09 bits per heavy atom. The molecule has 1 heterocycles. The van der Waals surface area contributed by atoms with Crippen molar-refractivity contribution in [2.24, 2.45) is 0 Å². The van der Waals surface area contributed by atoms with Crippen molar-refractivity contribution in [3.8, 4) is 0 Å². The third-order valence-corrected chi connectivity index (χ3v) is 5.05. The molecular formula is C17H26N4OS. The van der Waals surface area contributed by atoms with Crippen LogP contribution in [0.15, 0.2) is 24.3 Å². The van der Waals surface area contributed by atoms with Gasteiger partial charge in [-0.2, -0.15) is 0 Å². The van der Waals surface area contributed by atoms with Gasteiger partial charge in [0.2, 0.25) is 5.91 Å². The lowest BCUT2D eigenvalue weighted by atomic mass is 10.3. The van der Waals surface area contributed by atoms with Crippen LogP contribution < -0.4 is 5.32 Å². The summed E-state index contributed by atoms with van der Waals surface area (Å²) in [7, 11) is 0. The molecule has 0 fully saturated rings. The minimum absolute atomic E-state index is 0.0881. The molecule has 0 bridgehead atoms. The van der Waals surface area contributed by atoms with Crippen molar-refractivity contribution in [3.05, 3.63) is 30.1 Å². The number of benzene rings is 1. The monoisotopic (exact) mass is 334 g/mol. The molecule has 0 spiro atoms. The molecule has 2 rings (SSSR count). The van der Waals surface area contributed by atoms with E-state index >= 15 is 0 Å². The SMILES string of the molecule is CCN(CC)CCNC(=O)CSC(C)c1nc2ccccc2[nH]1. The summed E-state index contributed by atoms with van der Waals surface area (Å²) in [5.74, 6) is 1.47. The number of hydrogen-bond acceptors (Lipinski definition) is 4. The molecule has 1 amide bonds. The number of carbonyl (C=O) groups excluding carboxylic acids is 1. The summed E-state index contributed by atoms with van der Waals surface area (Å²) in [4.78, 5) is 22.1. The first-order valence-corrected chi connectivity index (χ1v) is 9.24. The normalized spacial score (nSPS) is 12.7. The van der Waals surface area contributed by atoms with E-state index in [0.29, 0.717) is 12.3 Å². The lowest BCUT2D eigenvalue weighted by Crippen LogP contribution is -2.35. The molecule has 0 radical (unpaired) electrons. The van der Waals surface area contributed by atoms with E-state index in [9.17, 15) is 4.79 Å². The maximum atomic E-state index is 11.9. The van der Waals surface area contributed by atoms with Gasteiger partial charge in [-0.3, -0.25) is 4.79 Å². The van der Waals surface area contributed by atoms with E-state index in [1.54, 1.807) is 11.8 Å². The molecule has 2 N–H and O–H groups in total. The summed E-state index contributed by atoms with van der Waals surface area (Å²) in [6.07, 6.45) is 0. The zero-order valence-electron chi connectivity index (χ0n) is 14.1. The van der Waals surface area contributed by atoms with Gasteiger partial charge in [0.25, 0.3) is 0 Å². The summed E-state index contributed by atoms with van der Waals surface area (Å²) in [6, 6.07) is 7.98. The number of H-pyrrole nitrogens is 1. The minimum Gasteiger partial charge on any atom is -0.354 e. The van der Waals surface area contributed by atoms with Crippen LogP contribution in [-0.4, -0.2) is 52.7 Å². The molecule has 5 nitrogen and oxygen atoms in total. The standard InChI is InChI=1S/C17H26N4OS/c1-4-21(5-2)11-10-18-16(22)12-23-13(3)17-19-14-8-6-7-9-15(14)20-17/h6-9,13H,4-5,10-12H2,1-3H3,(H,18,22)(H,19,20). The fourth-order valence-electron chi connectivity index (χ4n) is 2.39. The van der Waals surface area contributed by atoms with Crippen LogP contribution >= 0.6 is 11.8 Å². The summed E-state index contributed by atoms with van der Waals surface area (Å²) >= 11 is 1.60. The summed E-state index contributed by atoms with van der Waals surface area (Å²) < 4.78 is 0. The molecule has 0 aliphatic heterocycles. The molecule has 0 saturated heterocycles. The number of thioether (sulfide) groups is 1. The number of hydrogen-bond donors (Lipinski definition) is 2. The van der Waals surface area contributed by atoms with Crippen LogP contribution in [0.5, 0.6) is 0 Å². The smallest absolute Gasteiger partial charge is 0.230 e. The predicted molar refractivity (Wildman–Crippen MR) is 97.8 cm³/mol. The van der Waals surface area contributed by atoms with Crippen molar-refractivity contribution in [2.75, 3.05) is 31.9 Å². The number of aromatic amines is 1. The predicted octanol–water partition coefficient (Wildman–Crippen LogP) is 2.82. The number of carbonyl (C=O) groups is 1. The lowest BCUT2D eigenvalue weighted by molar-refractivity contribution is -0.118. The quantitative estimate of drug-likeness (QED) is 0.740. The zero-order chi connectivity index (χ0) is 16.7. The van der Waals surface area contributed by atoms with Crippen molar-refractivity contribution in [3.63, 3.8) is 0 Å². The van der Waals surface area contributed by atoms with Gasteiger partial charge in [0.1, 0.15) is 5.82 Å². The number of imidazole rings is 1. The van der Waals surface area contributed by atoms with Crippen LogP contribution in [0.25, 0.3) is 11.0 Å². The van der Waals surface area contributed by atoms with Gasteiger partial charge >= 0.3 is 0 Å². The molecule has 0 aliphatic carbocycles. The van der Waals surface area contributed by atoms with E-state index in [-0.39, 0.29) is 11.2 Å². The largest absolute Gasteiger partial charge is 0.354 e.